The van der Waals surface area contributed by atoms with Crippen molar-refractivity contribution < 1.29 is 5.11 Å². The second kappa shape index (κ2) is 10.2. The van der Waals surface area contributed by atoms with Crippen LogP contribution in [0.4, 0.5) is 0 Å². The van der Waals surface area contributed by atoms with Gasteiger partial charge in [-0.25, -0.2) is 4.98 Å². The standard InChI is InChI=1S/C37H45N3OSi/c1-23-17-24(19-25(18-23)31-16-15-27(22-38-31)42(9,10)11)28-13-12-14-32-33(28)39-35(40(32)8)29-20-26(36(2,3)4)21-30(34(29)41)37(5,6)7/h12-22,41H,1-11H3. The Labute approximate surface area is 252 Å². The van der Waals surface area contributed by atoms with Gasteiger partial charge in [0.15, 0.2) is 0 Å². The molecular weight excluding hydrogens is 531 g/mol. The molecule has 0 spiro atoms. The van der Waals surface area contributed by atoms with Crippen molar-refractivity contribution in [2.24, 2.45) is 7.05 Å². The number of para-hydroxylation sites is 1. The number of phenolic OH excluding ortho intramolecular Hbond substituents is 1. The average Bonchev–Trinajstić information content (AvgIpc) is 3.23. The summed E-state index contributed by atoms with van der Waals surface area (Å²) in [5.41, 5.74) is 10.0. The highest BCUT2D eigenvalue weighted by molar-refractivity contribution is 6.88. The van der Waals surface area contributed by atoms with Crippen LogP contribution in [0.3, 0.4) is 0 Å². The summed E-state index contributed by atoms with van der Waals surface area (Å²) < 4.78 is 2.11. The Morgan fingerprint density at radius 2 is 1.48 bits per heavy atom. The molecule has 218 valence electrons. The summed E-state index contributed by atoms with van der Waals surface area (Å²) in [5.74, 6) is 1.07. The molecule has 0 amide bonds. The number of benzene rings is 3. The number of phenols is 1. The molecule has 2 aromatic heterocycles. The summed E-state index contributed by atoms with van der Waals surface area (Å²) >= 11 is 0. The first-order chi connectivity index (χ1) is 19.4. The lowest BCUT2D eigenvalue weighted by molar-refractivity contribution is 0.446. The van der Waals surface area contributed by atoms with Gasteiger partial charge in [-0.3, -0.25) is 4.98 Å². The summed E-state index contributed by atoms with van der Waals surface area (Å²) in [6, 6.07) is 21.7. The molecule has 5 heteroatoms. The molecule has 4 nitrogen and oxygen atoms in total. The zero-order valence-electron chi connectivity index (χ0n) is 27.1. The van der Waals surface area contributed by atoms with Gasteiger partial charge in [0.25, 0.3) is 0 Å². The van der Waals surface area contributed by atoms with Crippen LogP contribution in [0, 0.1) is 6.92 Å². The van der Waals surface area contributed by atoms with Crippen molar-refractivity contribution in [1.82, 2.24) is 14.5 Å². The lowest BCUT2D eigenvalue weighted by atomic mass is 9.79. The Hall–Kier alpha value is -3.70. The highest BCUT2D eigenvalue weighted by Crippen LogP contribution is 2.43. The van der Waals surface area contributed by atoms with Crippen molar-refractivity contribution in [3.8, 4) is 39.5 Å². The summed E-state index contributed by atoms with van der Waals surface area (Å²) in [6.45, 7) is 22.3. The van der Waals surface area contributed by atoms with Crippen LogP contribution in [-0.4, -0.2) is 27.7 Å². The van der Waals surface area contributed by atoms with Gasteiger partial charge in [-0.2, -0.15) is 0 Å². The third-order valence-electron chi connectivity index (χ3n) is 8.25. The van der Waals surface area contributed by atoms with Crippen LogP contribution in [0.5, 0.6) is 5.75 Å². The van der Waals surface area contributed by atoms with E-state index in [-0.39, 0.29) is 10.8 Å². The van der Waals surface area contributed by atoms with E-state index in [1.54, 1.807) is 0 Å². The van der Waals surface area contributed by atoms with E-state index in [2.05, 4.69) is 140 Å². The van der Waals surface area contributed by atoms with Gasteiger partial charge in [0.1, 0.15) is 11.6 Å². The van der Waals surface area contributed by atoms with E-state index in [1.807, 2.05) is 7.05 Å². The molecule has 2 heterocycles. The largest absolute Gasteiger partial charge is 0.507 e. The maximum atomic E-state index is 11.6. The van der Waals surface area contributed by atoms with Gasteiger partial charge in [0.2, 0.25) is 0 Å². The molecule has 3 aromatic carbocycles. The second-order valence-corrected chi connectivity index (χ2v) is 19.9. The molecule has 5 rings (SSSR count). The lowest BCUT2D eigenvalue weighted by Crippen LogP contribution is -2.37. The van der Waals surface area contributed by atoms with Crippen LogP contribution in [0.15, 0.2) is 66.9 Å². The predicted octanol–water partition coefficient (Wildman–Crippen LogP) is 9.12. The van der Waals surface area contributed by atoms with Crippen LogP contribution in [0.25, 0.3) is 44.8 Å². The van der Waals surface area contributed by atoms with Crippen molar-refractivity contribution in [1.29, 1.82) is 0 Å². The Morgan fingerprint density at radius 1 is 0.786 bits per heavy atom. The smallest absolute Gasteiger partial charge is 0.144 e. The SMILES string of the molecule is Cc1cc(-c2ccc([Si](C)(C)C)cn2)cc(-c2cccc3c2nc(-c2cc(C(C)(C)C)cc(C(C)(C)C)c2O)n3C)c1. The summed E-state index contributed by atoms with van der Waals surface area (Å²) in [4.78, 5) is 10.1. The van der Waals surface area contributed by atoms with Gasteiger partial charge in [0.05, 0.1) is 30.4 Å². The first-order valence-corrected chi connectivity index (χ1v) is 18.4. The second-order valence-electron chi connectivity index (χ2n) is 14.9. The molecule has 0 unspecified atom stereocenters. The molecule has 0 saturated carbocycles. The highest BCUT2D eigenvalue weighted by Gasteiger charge is 2.27. The van der Waals surface area contributed by atoms with Crippen LogP contribution < -0.4 is 5.19 Å². The van der Waals surface area contributed by atoms with E-state index in [9.17, 15) is 5.11 Å². The monoisotopic (exact) mass is 575 g/mol. The third-order valence-corrected chi connectivity index (χ3v) is 10.3. The predicted molar refractivity (Wildman–Crippen MR) is 182 cm³/mol. The van der Waals surface area contributed by atoms with Crippen LogP contribution in [0.2, 0.25) is 19.6 Å². The molecule has 0 fully saturated rings. The zero-order valence-corrected chi connectivity index (χ0v) is 28.1. The summed E-state index contributed by atoms with van der Waals surface area (Å²) in [5, 5.41) is 13.0. The number of fused-ring (bicyclic) bond motifs is 1. The molecule has 0 bridgehead atoms. The van der Waals surface area contributed by atoms with Gasteiger partial charge in [0, 0.05) is 29.9 Å². The van der Waals surface area contributed by atoms with Crippen molar-refractivity contribution in [3.63, 3.8) is 0 Å². The number of aromatic hydroxyl groups is 1. The Morgan fingerprint density at radius 3 is 2.07 bits per heavy atom. The van der Waals surface area contributed by atoms with E-state index in [0.29, 0.717) is 5.75 Å². The molecule has 0 aliphatic carbocycles. The summed E-state index contributed by atoms with van der Waals surface area (Å²) in [6.07, 6.45) is 2.05. The fraction of sp³-hybridized carbons (Fsp3) is 0.351. The minimum absolute atomic E-state index is 0.0720. The van der Waals surface area contributed by atoms with E-state index < -0.39 is 8.07 Å². The lowest BCUT2D eigenvalue weighted by Gasteiger charge is -2.27. The first-order valence-electron chi connectivity index (χ1n) is 14.9. The third kappa shape index (κ3) is 5.55. The Balaban J connectivity index is 1.69. The number of aromatic nitrogens is 3. The number of pyridine rings is 1. The number of nitrogens with zero attached hydrogens (tertiary/aromatic N) is 3. The number of rotatable bonds is 4. The van der Waals surface area contributed by atoms with Crippen LogP contribution >= 0.6 is 0 Å². The Kier molecular flexibility index (Phi) is 7.25. The quantitative estimate of drug-likeness (QED) is 0.217. The van der Waals surface area contributed by atoms with Crippen molar-refractivity contribution in [2.45, 2.75) is 78.9 Å². The molecule has 0 radical (unpaired) electrons. The van der Waals surface area contributed by atoms with E-state index in [4.69, 9.17) is 9.97 Å². The van der Waals surface area contributed by atoms with Crippen LogP contribution in [0.1, 0.15) is 58.2 Å². The van der Waals surface area contributed by atoms with Crippen molar-refractivity contribution >= 4 is 24.3 Å². The average molecular weight is 576 g/mol. The van der Waals surface area contributed by atoms with Gasteiger partial charge in [-0.05, 0) is 70.0 Å². The van der Waals surface area contributed by atoms with Crippen LogP contribution in [-0.2, 0) is 17.9 Å². The fourth-order valence-corrected chi connectivity index (χ4v) is 6.63. The van der Waals surface area contributed by atoms with Gasteiger partial charge in [-0.1, -0.05) is 91.5 Å². The minimum atomic E-state index is -1.42. The fourth-order valence-electron chi connectivity index (χ4n) is 5.59. The van der Waals surface area contributed by atoms with Gasteiger partial charge < -0.3 is 9.67 Å². The summed E-state index contributed by atoms with van der Waals surface area (Å²) in [7, 11) is 0.625. The molecule has 5 aromatic rings. The molecular formula is C37H45N3OSi. The maximum Gasteiger partial charge on any atom is 0.144 e. The molecule has 0 atom stereocenters. The maximum absolute atomic E-state index is 11.6. The first kappa shape index (κ1) is 29.8. The number of hydrogen-bond acceptors (Lipinski definition) is 3. The molecule has 1 N–H and O–H groups in total. The van der Waals surface area contributed by atoms with E-state index in [1.165, 1.54) is 16.3 Å². The van der Waals surface area contributed by atoms with Crippen molar-refractivity contribution in [3.05, 3.63) is 83.6 Å². The number of imidazole rings is 1. The normalized spacial score (nSPS) is 12.7. The number of aryl methyl sites for hydroxylation is 2. The van der Waals surface area contributed by atoms with E-state index >= 15 is 0 Å². The molecule has 0 saturated heterocycles. The molecule has 42 heavy (non-hydrogen) atoms. The topological polar surface area (TPSA) is 50.9 Å². The van der Waals surface area contributed by atoms with E-state index in [0.717, 1.165) is 50.4 Å². The van der Waals surface area contributed by atoms with Crippen molar-refractivity contribution in [2.75, 3.05) is 0 Å². The number of hydrogen-bond donors (Lipinski definition) is 1. The zero-order chi connectivity index (χ0) is 30.8. The van der Waals surface area contributed by atoms with Gasteiger partial charge in [-0.15, -0.1) is 0 Å². The van der Waals surface area contributed by atoms with Gasteiger partial charge >= 0.3 is 0 Å². The highest BCUT2D eigenvalue weighted by atomic mass is 28.3. The minimum Gasteiger partial charge on any atom is -0.507 e. The molecule has 0 aliphatic rings. The molecule has 0 aliphatic heterocycles. The Bertz CT molecular complexity index is 1790.